The van der Waals surface area contributed by atoms with Gasteiger partial charge in [0.05, 0.1) is 0 Å². The molecule has 3 unspecified atom stereocenters. The highest BCUT2D eigenvalue weighted by Crippen LogP contribution is 2.49. The Bertz CT molecular complexity index is 430. The number of aliphatic carboxylic acids is 1. The summed E-state index contributed by atoms with van der Waals surface area (Å²) in [5.74, 6) is -0.555. The molecule has 0 bridgehead atoms. The van der Waals surface area contributed by atoms with Crippen molar-refractivity contribution in [1.82, 2.24) is 5.32 Å². The summed E-state index contributed by atoms with van der Waals surface area (Å²) in [5.41, 5.74) is -0.427. The number of allylic oxidation sites excluding steroid dienone is 1. The van der Waals surface area contributed by atoms with Crippen molar-refractivity contribution in [3.8, 4) is 0 Å². The maximum Gasteiger partial charge on any atom is 0.408 e. The Balaban J connectivity index is 1.79. The van der Waals surface area contributed by atoms with Crippen LogP contribution in [0.1, 0.15) is 58.3 Å². The first-order valence-electron chi connectivity index (χ1n) is 8.29. The topological polar surface area (TPSA) is 75.6 Å². The molecule has 0 radical (unpaired) electrons. The third-order valence-corrected chi connectivity index (χ3v) is 5.05. The molecule has 1 amide bonds. The maximum atomic E-state index is 12.0. The molecule has 0 spiro atoms. The first-order chi connectivity index (χ1) is 10.5. The molecule has 2 fully saturated rings. The van der Waals surface area contributed by atoms with Crippen molar-refractivity contribution in [2.45, 2.75) is 69.9 Å². The average Bonchev–Trinajstić information content (AvgIpc) is 2.89. The van der Waals surface area contributed by atoms with Gasteiger partial charge < -0.3 is 15.2 Å². The van der Waals surface area contributed by atoms with E-state index in [1.54, 1.807) is 0 Å². The molecule has 0 aromatic rings. The molecule has 2 N–H and O–H groups in total. The van der Waals surface area contributed by atoms with Gasteiger partial charge in [0.2, 0.25) is 0 Å². The Morgan fingerprint density at radius 2 is 2.14 bits per heavy atom. The Morgan fingerprint density at radius 1 is 1.45 bits per heavy atom. The first kappa shape index (κ1) is 16.8. The van der Waals surface area contributed by atoms with Gasteiger partial charge in [-0.3, -0.25) is 0 Å². The predicted octanol–water partition coefficient (Wildman–Crippen LogP) is 3.49. The maximum absolute atomic E-state index is 12.0. The van der Waals surface area contributed by atoms with E-state index in [1.807, 2.05) is 13.0 Å². The van der Waals surface area contributed by atoms with Crippen LogP contribution in [0, 0.1) is 11.8 Å². The van der Waals surface area contributed by atoms with Crippen molar-refractivity contribution in [3.63, 3.8) is 0 Å². The largest absolute Gasteiger partial charge is 0.480 e. The fraction of sp³-hybridized carbons (Fsp3) is 0.765. The van der Waals surface area contributed by atoms with Gasteiger partial charge in [-0.2, -0.15) is 0 Å². The molecule has 0 heterocycles. The summed E-state index contributed by atoms with van der Waals surface area (Å²) in [6.07, 6.45) is 9.00. The number of carbonyl (C=O) groups excluding carboxylic acids is 1. The van der Waals surface area contributed by atoms with Crippen LogP contribution in [0.4, 0.5) is 4.79 Å². The number of rotatable bonds is 8. The number of ether oxygens (including phenoxy) is 1. The zero-order valence-corrected chi connectivity index (χ0v) is 13.3. The van der Waals surface area contributed by atoms with E-state index in [-0.39, 0.29) is 5.92 Å². The number of amides is 1. The van der Waals surface area contributed by atoms with Crippen molar-refractivity contribution in [1.29, 1.82) is 0 Å². The minimum Gasteiger partial charge on any atom is -0.480 e. The van der Waals surface area contributed by atoms with Crippen molar-refractivity contribution < 1.29 is 19.4 Å². The van der Waals surface area contributed by atoms with Crippen molar-refractivity contribution in [2.24, 2.45) is 11.8 Å². The number of carbonyl (C=O) groups is 2. The van der Waals surface area contributed by atoms with Crippen LogP contribution in [-0.2, 0) is 9.53 Å². The summed E-state index contributed by atoms with van der Waals surface area (Å²) in [7, 11) is 0. The molecule has 5 nitrogen and oxygen atoms in total. The molecule has 0 aliphatic heterocycles. The number of nitrogens with one attached hydrogen (secondary N) is 1. The molecule has 0 saturated heterocycles. The van der Waals surface area contributed by atoms with E-state index in [0.717, 1.165) is 51.4 Å². The van der Waals surface area contributed by atoms with Gasteiger partial charge in [-0.05, 0) is 51.4 Å². The van der Waals surface area contributed by atoms with Crippen LogP contribution >= 0.6 is 0 Å². The van der Waals surface area contributed by atoms with Gasteiger partial charge in [0.25, 0.3) is 0 Å². The summed E-state index contributed by atoms with van der Waals surface area (Å²) in [4.78, 5) is 23.4. The lowest BCUT2D eigenvalue weighted by Crippen LogP contribution is -2.46. The first-order valence-corrected chi connectivity index (χ1v) is 8.29. The molecule has 3 atom stereocenters. The molecule has 22 heavy (non-hydrogen) atoms. The SMILES string of the molecule is C=CCCCC1CC1(C)OC(=O)NC(C(=O)O)C1CCCC1. The predicted molar refractivity (Wildman–Crippen MR) is 83.6 cm³/mol. The molecule has 2 aliphatic carbocycles. The Kier molecular flexibility index (Phi) is 5.48. The second-order valence-electron chi connectivity index (χ2n) is 6.83. The number of carboxylic acids is 1. The van der Waals surface area contributed by atoms with E-state index in [4.69, 9.17) is 4.74 Å². The summed E-state index contributed by atoms with van der Waals surface area (Å²) in [6, 6.07) is -0.823. The van der Waals surface area contributed by atoms with Crippen LogP contribution in [0.5, 0.6) is 0 Å². The lowest BCUT2D eigenvalue weighted by atomic mass is 9.98. The highest BCUT2D eigenvalue weighted by molar-refractivity contribution is 5.80. The monoisotopic (exact) mass is 309 g/mol. The third-order valence-electron chi connectivity index (χ3n) is 5.05. The van der Waals surface area contributed by atoms with E-state index in [9.17, 15) is 14.7 Å². The quantitative estimate of drug-likeness (QED) is 0.531. The lowest BCUT2D eigenvalue weighted by molar-refractivity contribution is -0.140. The van der Waals surface area contributed by atoms with Crippen molar-refractivity contribution in [3.05, 3.63) is 12.7 Å². The highest BCUT2D eigenvalue weighted by Gasteiger charge is 2.53. The smallest absolute Gasteiger partial charge is 0.408 e. The fourth-order valence-electron chi connectivity index (χ4n) is 3.51. The molecule has 2 rings (SSSR count). The van der Waals surface area contributed by atoms with E-state index >= 15 is 0 Å². The third kappa shape index (κ3) is 4.24. The zero-order chi connectivity index (χ0) is 16.2. The van der Waals surface area contributed by atoms with Gasteiger partial charge >= 0.3 is 12.1 Å². The minimum atomic E-state index is -0.965. The van der Waals surface area contributed by atoms with Crippen LogP contribution in [0.25, 0.3) is 0 Å². The molecule has 124 valence electrons. The summed E-state index contributed by atoms with van der Waals surface area (Å²) < 4.78 is 5.49. The minimum absolute atomic E-state index is 0.0282. The van der Waals surface area contributed by atoms with Gasteiger partial charge in [0.1, 0.15) is 11.6 Å². The van der Waals surface area contributed by atoms with E-state index in [0.29, 0.717) is 5.92 Å². The summed E-state index contributed by atoms with van der Waals surface area (Å²) in [5, 5.41) is 11.9. The Hall–Kier alpha value is -1.52. The standard InChI is InChI=1S/C17H27NO4/c1-3-4-5-10-13-11-17(13,2)22-16(21)18-14(15(19)20)12-8-6-7-9-12/h3,12-14H,1,4-11H2,2H3,(H,18,21)(H,19,20). The lowest BCUT2D eigenvalue weighted by Gasteiger charge is -2.22. The number of unbranched alkanes of at least 4 members (excludes halogenated alkanes) is 1. The molecule has 0 aromatic heterocycles. The molecule has 5 heteroatoms. The highest BCUT2D eigenvalue weighted by atomic mass is 16.6. The van der Waals surface area contributed by atoms with Crippen LogP contribution in [0.2, 0.25) is 0 Å². The number of alkyl carbamates (subject to hydrolysis) is 1. The van der Waals surface area contributed by atoms with Gasteiger partial charge in [0, 0.05) is 5.92 Å². The van der Waals surface area contributed by atoms with Crippen LogP contribution in [0.3, 0.4) is 0 Å². The van der Waals surface area contributed by atoms with Crippen molar-refractivity contribution in [2.75, 3.05) is 0 Å². The molecular weight excluding hydrogens is 282 g/mol. The second kappa shape index (κ2) is 7.16. The molecular formula is C17H27NO4. The Labute approximate surface area is 132 Å². The van der Waals surface area contributed by atoms with Gasteiger partial charge in [-0.15, -0.1) is 6.58 Å². The van der Waals surface area contributed by atoms with Crippen molar-refractivity contribution >= 4 is 12.1 Å². The fourth-order valence-corrected chi connectivity index (χ4v) is 3.51. The number of hydrogen-bond acceptors (Lipinski definition) is 3. The second-order valence-corrected chi connectivity index (χ2v) is 6.83. The summed E-state index contributed by atoms with van der Waals surface area (Å²) >= 11 is 0. The molecule has 0 aromatic carbocycles. The van der Waals surface area contributed by atoms with Crippen LogP contribution in [0.15, 0.2) is 12.7 Å². The Morgan fingerprint density at radius 3 is 2.73 bits per heavy atom. The van der Waals surface area contributed by atoms with Gasteiger partial charge in [0.15, 0.2) is 0 Å². The van der Waals surface area contributed by atoms with E-state index in [2.05, 4.69) is 11.9 Å². The number of carboxylic acid groups (broad SMARTS) is 1. The normalized spacial score (nSPS) is 28.9. The van der Waals surface area contributed by atoms with E-state index in [1.165, 1.54) is 0 Å². The van der Waals surface area contributed by atoms with Crippen LogP contribution < -0.4 is 5.32 Å². The summed E-state index contributed by atoms with van der Waals surface area (Å²) in [6.45, 7) is 5.63. The van der Waals surface area contributed by atoms with Gasteiger partial charge in [-0.1, -0.05) is 18.9 Å². The molecule has 2 aliphatic rings. The molecule has 2 saturated carbocycles. The zero-order valence-electron chi connectivity index (χ0n) is 13.3. The average molecular weight is 309 g/mol. The van der Waals surface area contributed by atoms with Gasteiger partial charge in [-0.25, -0.2) is 9.59 Å². The van der Waals surface area contributed by atoms with E-state index < -0.39 is 23.7 Å². The van der Waals surface area contributed by atoms with Crippen LogP contribution in [-0.4, -0.2) is 28.8 Å². The number of hydrogen-bond donors (Lipinski definition) is 2.